The normalized spacial score (nSPS) is 18.0. The van der Waals surface area contributed by atoms with Gasteiger partial charge in [-0.05, 0) is 24.9 Å². The van der Waals surface area contributed by atoms with E-state index in [1.807, 2.05) is 30.3 Å². The van der Waals surface area contributed by atoms with Gasteiger partial charge in [-0.2, -0.15) is 0 Å². The lowest BCUT2D eigenvalue weighted by Gasteiger charge is -2.29. The Bertz CT molecular complexity index is 470. The van der Waals surface area contributed by atoms with E-state index in [1.54, 1.807) is 4.90 Å². The average molecular weight is 290 g/mol. The van der Waals surface area contributed by atoms with Crippen molar-refractivity contribution in [2.75, 3.05) is 20.2 Å². The zero-order chi connectivity index (χ0) is 15.1. The maximum absolute atomic E-state index is 12.6. The number of piperidine rings is 1. The average Bonchev–Trinajstić information content (AvgIpc) is 2.55. The Hall–Kier alpha value is -1.88. The summed E-state index contributed by atoms with van der Waals surface area (Å²) in [4.78, 5) is 25.7. The number of hydrogen-bond donors (Lipinski definition) is 1. The number of amides is 1. The van der Waals surface area contributed by atoms with Gasteiger partial charge in [0, 0.05) is 6.54 Å². The van der Waals surface area contributed by atoms with Gasteiger partial charge >= 0.3 is 5.97 Å². The Morgan fingerprint density at radius 2 is 2.05 bits per heavy atom. The van der Waals surface area contributed by atoms with E-state index in [0.717, 1.165) is 31.4 Å². The minimum absolute atomic E-state index is 0.0115. The largest absolute Gasteiger partial charge is 0.468 e. The molecule has 1 heterocycles. The molecule has 1 saturated heterocycles. The minimum atomic E-state index is -0.393. The van der Waals surface area contributed by atoms with Crippen molar-refractivity contribution in [1.29, 1.82) is 0 Å². The highest BCUT2D eigenvalue weighted by Crippen LogP contribution is 2.12. The summed E-state index contributed by atoms with van der Waals surface area (Å²) in [6, 6.07) is 9.49. The lowest BCUT2D eigenvalue weighted by atomic mass is 10.0. The SMILES string of the molecule is COC(=O)CN(Cc1ccccc1)C(=O)[C@@H]1CCCCN1. The summed E-state index contributed by atoms with van der Waals surface area (Å²) in [5.74, 6) is -0.418. The number of esters is 1. The number of carbonyl (C=O) groups excluding carboxylic acids is 2. The van der Waals surface area contributed by atoms with Gasteiger partial charge in [-0.25, -0.2) is 0 Å². The Morgan fingerprint density at radius 3 is 2.67 bits per heavy atom. The highest BCUT2D eigenvalue weighted by molar-refractivity contribution is 5.85. The first kappa shape index (κ1) is 15.5. The van der Waals surface area contributed by atoms with Crippen LogP contribution in [0.25, 0.3) is 0 Å². The van der Waals surface area contributed by atoms with Gasteiger partial charge in [0.2, 0.25) is 5.91 Å². The second-order valence-electron chi connectivity index (χ2n) is 5.26. The molecule has 0 aliphatic carbocycles. The van der Waals surface area contributed by atoms with Crippen LogP contribution < -0.4 is 5.32 Å². The van der Waals surface area contributed by atoms with E-state index in [-0.39, 0.29) is 18.5 Å². The number of ether oxygens (including phenoxy) is 1. The summed E-state index contributed by atoms with van der Waals surface area (Å²) in [5.41, 5.74) is 1.01. The molecule has 1 aromatic carbocycles. The highest BCUT2D eigenvalue weighted by Gasteiger charge is 2.27. The van der Waals surface area contributed by atoms with Crippen molar-refractivity contribution in [2.24, 2.45) is 0 Å². The van der Waals surface area contributed by atoms with E-state index in [2.05, 4.69) is 5.32 Å². The van der Waals surface area contributed by atoms with Crippen molar-refractivity contribution in [3.63, 3.8) is 0 Å². The number of nitrogens with one attached hydrogen (secondary N) is 1. The molecule has 1 aliphatic heterocycles. The predicted octanol–water partition coefficient (Wildman–Crippen LogP) is 1.33. The molecular weight excluding hydrogens is 268 g/mol. The summed E-state index contributed by atoms with van der Waals surface area (Å²) < 4.78 is 4.70. The Balaban J connectivity index is 2.07. The molecule has 0 unspecified atom stereocenters. The van der Waals surface area contributed by atoms with E-state index < -0.39 is 5.97 Å². The molecule has 1 atom stereocenters. The van der Waals surface area contributed by atoms with E-state index in [0.29, 0.717) is 6.54 Å². The second-order valence-corrected chi connectivity index (χ2v) is 5.26. The molecule has 1 fully saturated rings. The third kappa shape index (κ3) is 4.56. The molecule has 5 nitrogen and oxygen atoms in total. The first-order valence-electron chi connectivity index (χ1n) is 7.33. The van der Waals surface area contributed by atoms with Crippen molar-refractivity contribution in [1.82, 2.24) is 10.2 Å². The monoisotopic (exact) mass is 290 g/mol. The first-order chi connectivity index (χ1) is 10.2. The smallest absolute Gasteiger partial charge is 0.325 e. The molecule has 1 amide bonds. The summed E-state index contributed by atoms with van der Waals surface area (Å²) in [5, 5.41) is 3.23. The summed E-state index contributed by atoms with van der Waals surface area (Å²) in [6.07, 6.45) is 2.96. The molecule has 21 heavy (non-hydrogen) atoms. The van der Waals surface area contributed by atoms with Gasteiger partial charge in [-0.3, -0.25) is 9.59 Å². The third-order valence-corrected chi connectivity index (χ3v) is 3.68. The molecule has 1 aromatic rings. The number of rotatable bonds is 5. The fourth-order valence-corrected chi connectivity index (χ4v) is 2.52. The lowest BCUT2D eigenvalue weighted by molar-refractivity contribution is -0.148. The molecule has 0 aromatic heterocycles. The van der Waals surface area contributed by atoms with Crippen LogP contribution in [-0.2, 0) is 20.9 Å². The summed E-state index contributed by atoms with van der Waals surface area (Å²) >= 11 is 0. The Morgan fingerprint density at radius 1 is 1.29 bits per heavy atom. The maximum atomic E-state index is 12.6. The number of carbonyl (C=O) groups is 2. The fraction of sp³-hybridized carbons (Fsp3) is 0.500. The van der Waals surface area contributed by atoms with Gasteiger partial charge < -0.3 is 15.0 Å². The molecule has 0 saturated carbocycles. The zero-order valence-corrected chi connectivity index (χ0v) is 12.4. The predicted molar refractivity (Wildman–Crippen MR) is 79.5 cm³/mol. The van der Waals surface area contributed by atoms with Crippen LogP contribution in [0, 0.1) is 0 Å². The summed E-state index contributed by atoms with van der Waals surface area (Å²) in [6.45, 7) is 1.27. The fourth-order valence-electron chi connectivity index (χ4n) is 2.52. The minimum Gasteiger partial charge on any atom is -0.468 e. The van der Waals surface area contributed by atoms with Crippen molar-refractivity contribution >= 4 is 11.9 Å². The van der Waals surface area contributed by atoms with Crippen LogP contribution in [0.2, 0.25) is 0 Å². The topological polar surface area (TPSA) is 58.6 Å². The van der Waals surface area contributed by atoms with Gasteiger partial charge in [0.05, 0.1) is 13.2 Å². The van der Waals surface area contributed by atoms with Crippen molar-refractivity contribution in [2.45, 2.75) is 31.8 Å². The zero-order valence-electron chi connectivity index (χ0n) is 12.4. The van der Waals surface area contributed by atoms with E-state index >= 15 is 0 Å². The number of benzene rings is 1. The van der Waals surface area contributed by atoms with Crippen LogP contribution in [0.15, 0.2) is 30.3 Å². The summed E-state index contributed by atoms with van der Waals surface area (Å²) in [7, 11) is 1.34. The van der Waals surface area contributed by atoms with Gasteiger partial charge in [0.1, 0.15) is 6.54 Å². The van der Waals surface area contributed by atoms with Gasteiger partial charge in [0.25, 0.3) is 0 Å². The molecule has 0 bridgehead atoms. The van der Waals surface area contributed by atoms with Gasteiger partial charge in [0.15, 0.2) is 0 Å². The van der Waals surface area contributed by atoms with Crippen LogP contribution >= 0.6 is 0 Å². The van der Waals surface area contributed by atoms with E-state index in [9.17, 15) is 9.59 Å². The second kappa shape index (κ2) is 7.78. The Labute approximate surface area is 125 Å². The molecule has 1 aliphatic rings. The number of hydrogen-bond acceptors (Lipinski definition) is 4. The molecular formula is C16H22N2O3. The van der Waals surface area contributed by atoms with Crippen LogP contribution in [0.3, 0.4) is 0 Å². The van der Waals surface area contributed by atoms with Gasteiger partial charge in [-0.1, -0.05) is 36.8 Å². The molecule has 0 spiro atoms. The number of nitrogens with zero attached hydrogens (tertiary/aromatic N) is 1. The van der Waals surface area contributed by atoms with Crippen LogP contribution in [0.4, 0.5) is 0 Å². The van der Waals surface area contributed by atoms with Crippen LogP contribution in [-0.4, -0.2) is 43.0 Å². The Kier molecular flexibility index (Phi) is 5.75. The maximum Gasteiger partial charge on any atom is 0.325 e. The third-order valence-electron chi connectivity index (χ3n) is 3.68. The van der Waals surface area contributed by atoms with E-state index in [4.69, 9.17) is 4.74 Å². The molecule has 0 radical (unpaired) electrons. The quantitative estimate of drug-likeness (QED) is 0.831. The highest BCUT2D eigenvalue weighted by atomic mass is 16.5. The lowest BCUT2D eigenvalue weighted by Crippen LogP contribution is -2.49. The molecule has 5 heteroatoms. The van der Waals surface area contributed by atoms with E-state index in [1.165, 1.54) is 7.11 Å². The van der Waals surface area contributed by atoms with Crippen molar-refractivity contribution in [3.05, 3.63) is 35.9 Å². The van der Waals surface area contributed by atoms with Gasteiger partial charge in [-0.15, -0.1) is 0 Å². The number of methoxy groups -OCH3 is 1. The standard InChI is InChI=1S/C16H22N2O3/c1-21-15(19)12-18(11-13-7-3-2-4-8-13)16(20)14-9-5-6-10-17-14/h2-4,7-8,14,17H,5-6,9-12H2,1H3/t14-/m0/s1. The first-order valence-corrected chi connectivity index (χ1v) is 7.33. The molecule has 2 rings (SSSR count). The van der Waals surface area contributed by atoms with Crippen LogP contribution in [0.1, 0.15) is 24.8 Å². The molecule has 114 valence electrons. The van der Waals surface area contributed by atoms with Crippen molar-refractivity contribution in [3.8, 4) is 0 Å². The van der Waals surface area contributed by atoms with Crippen LogP contribution in [0.5, 0.6) is 0 Å². The molecule has 1 N–H and O–H groups in total. The van der Waals surface area contributed by atoms with Crippen molar-refractivity contribution < 1.29 is 14.3 Å².